The fourth-order valence-corrected chi connectivity index (χ4v) is 4.26. The van der Waals surface area contributed by atoms with Crippen molar-refractivity contribution in [3.05, 3.63) is 93.7 Å². The van der Waals surface area contributed by atoms with Crippen LogP contribution in [0.5, 0.6) is 0 Å². The Morgan fingerprint density at radius 3 is 2.41 bits per heavy atom. The topological polar surface area (TPSA) is 84.7 Å². The summed E-state index contributed by atoms with van der Waals surface area (Å²) in [5.74, 6) is -0.101. The van der Waals surface area contributed by atoms with Crippen LogP contribution in [-0.2, 0) is 18.3 Å². The van der Waals surface area contributed by atoms with Crippen LogP contribution in [0.4, 0.5) is 5.69 Å². The Balaban J connectivity index is 1.43. The number of imidazole rings is 1. The zero-order chi connectivity index (χ0) is 22.7. The summed E-state index contributed by atoms with van der Waals surface area (Å²) in [5.41, 5.74) is 4.61. The molecule has 4 aromatic rings. The smallest absolute Gasteiger partial charge is 0.295 e. The number of nitrogens with zero attached hydrogens (tertiary/aromatic N) is 3. The fourth-order valence-electron chi connectivity index (χ4n) is 3.52. The van der Waals surface area contributed by atoms with Crippen LogP contribution >= 0.6 is 11.8 Å². The summed E-state index contributed by atoms with van der Waals surface area (Å²) in [6.07, 6.45) is 0.734. The standard InChI is InChI=1S/C24H25N5O2S/c1-16-20(14-18-10-6-4-7-11-18)26-24(25-16)32-15-21(30)27-22-17(2)28(3)29(23(22)31)19-12-8-5-9-13-19/h4-13H,14-15H2,1-3H3,(H,25,26)(H,27,30). The predicted octanol–water partition coefficient (Wildman–Crippen LogP) is 3.84. The molecule has 32 heavy (non-hydrogen) atoms. The van der Waals surface area contributed by atoms with Crippen LogP contribution in [0.15, 0.2) is 70.6 Å². The third-order valence-corrected chi connectivity index (χ3v) is 6.21. The van der Waals surface area contributed by atoms with Crippen LogP contribution in [0.1, 0.15) is 22.6 Å². The van der Waals surface area contributed by atoms with E-state index in [1.165, 1.54) is 17.3 Å². The van der Waals surface area contributed by atoms with Gasteiger partial charge in [0.15, 0.2) is 5.16 Å². The number of aryl methyl sites for hydroxylation is 1. The van der Waals surface area contributed by atoms with Crippen molar-refractivity contribution in [3.63, 3.8) is 0 Å². The second kappa shape index (κ2) is 9.32. The second-order valence-electron chi connectivity index (χ2n) is 7.55. The molecule has 2 aromatic heterocycles. The van der Waals surface area contributed by atoms with Crippen molar-refractivity contribution in [2.75, 3.05) is 11.1 Å². The van der Waals surface area contributed by atoms with Crippen LogP contribution in [-0.4, -0.2) is 31.0 Å². The van der Waals surface area contributed by atoms with Crippen LogP contribution in [0.25, 0.3) is 5.69 Å². The van der Waals surface area contributed by atoms with E-state index in [4.69, 9.17) is 0 Å². The number of carbonyl (C=O) groups is 1. The maximum atomic E-state index is 12.9. The highest BCUT2D eigenvalue weighted by Crippen LogP contribution is 2.20. The van der Waals surface area contributed by atoms with E-state index in [1.54, 1.807) is 16.4 Å². The number of rotatable bonds is 7. The molecule has 0 aliphatic heterocycles. The van der Waals surface area contributed by atoms with Crippen LogP contribution in [0.3, 0.4) is 0 Å². The Morgan fingerprint density at radius 1 is 1.06 bits per heavy atom. The molecule has 0 unspecified atom stereocenters. The molecule has 0 aliphatic rings. The summed E-state index contributed by atoms with van der Waals surface area (Å²) in [7, 11) is 1.80. The molecule has 0 bridgehead atoms. The number of aromatic nitrogens is 4. The summed E-state index contributed by atoms with van der Waals surface area (Å²) in [5, 5.41) is 3.48. The minimum absolute atomic E-state index is 0.150. The van der Waals surface area contributed by atoms with Gasteiger partial charge in [-0.15, -0.1) is 0 Å². The molecule has 2 aromatic carbocycles. The summed E-state index contributed by atoms with van der Waals surface area (Å²) >= 11 is 1.32. The van der Waals surface area contributed by atoms with E-state index in [0.29, 0.717) is 16.5 Å². The first-order chi connectivity index (χ1) is 15.4. The normalized spacial score (nSPS) is 11.0. The molecule has 8 heteroatoms. The Bertz CT molecular complexity index is 1290. The third-order valence-electron chi connectivity index (χ3n) is 5.34. The number of aromatic amines is 1. The minimum atomic E-state index is -0.256. The molecule has 0 fully saturated rings. The van der Waals surface area contributed by atoms with Gasteiger partial charge in [-0.1, -0.05) is 60.3 Å². The van der Waals surface area contributed by atoms with Crippen molar-refractivity contribution in [2.45, 2.75) is 25.4 Å². The summed E-state index contributed by atoms with van der Waals surface area (Å²) in [6.45, 7) is 3.80. The van der Waals surface area contributed by atoms with Crippen LogP contribution < -0.4 is 10.9 Å². The number of thioether (sulfide) groups is 1. The summed E-state index contributed by atoms with van der Waals surface area (Å²) < 4.78 is 3.29. The van der Waals surface area contributed by atoms with Gasteiger partial charge in [-0.2, -0.15) is 0 Å². The van der Waals surface area contributed by atoms with E-state index in [-0.39, 0.29) is 17.2 Å². The lowest BCUT2D eigenvalue weighted by molar-refractivity contribution is -0.113. The van der Waals surface area contributed by atoms with Gasteiger partial charge >= 0.3 is 0 Å². The van der Waals surface area contributed by atoms with Crippen molar-refractivity contribution in [1.29, 1.82) is 0 Å². The van der Waals surface area contributed by atoms with Crippen molar-refractivity contribution >= 4 is 23.4 Å². The first kappa shape index (κ1) is 21.7. The molecule has 0 spiro atoms. The highest BCUT2D eigenvalue weighted by atomic mass is 32.2. The van der Waals surface area contributed by atoms with Crippen LogP contribution in [0.2, 0.25) is 0 Å². The molecule has 4 rings (SSSR count). The Labute approximate surface area is 190 Å². The number of benzene rings is 2. The maximum absolute atomic E-state index is 12.9. The molecule has 0 saturated carbocycles. The van der Waals surface area contributed by atoms with Crippen molar-refractivity contribution in [1.82, 2.24) is 19.3 Å². The largest absolute Gasteiger partial charge is 0.337 e. The van der Waals surface area contributed by atoms with Crippen molar-refractivity contribution in [3.8, 4) is 5.69 Å². The lowest BCUT2D eigenvalue weighted by atomic mass is 10.1. The number of anilines is 1. The van der Waals surface area contributed by atoms with Gasteiger partial charge < -0.3 is 10.3 Å². The molecule has 0 aliphatic carbocycles. The molecule has 0 atom stereocenters. The van der Waals surface area contributed by atoms with Crippen molar-refractivity contribution in [2.24, 2.45) is 7.05 Å². The minimum Gasteiger partial charge on any atom is -0.337 e. The number of carbonyl (C=O) groups excluding carboxylic acids is 1. The number of amides is 1. The van der Waals surface area contributed by atoms with E-state index in [9.17, 15) is 9.59 Å². The molecule has 0 radical (unpaired) electrons. The van der Waals surface area contributed by atoms with Gasteiger partial charge in [-0.25, -0.2) is 9.67 Å². The summed E-state index contributed by atoms with van der Waals surface area (Å²) in [4.78, 5) is 33.4. The number of hydrogen-bond donors (Lipinski definition) is 2. The van der Waals surface area contributed by atoms with Crippen molar-refractivity contribution < 1.29 is 4.79 Å². The average molecular weight is 448 g/mol. The molecule has 2 heterocycles. The summed E-state index contributed by atoms with van der Waals surface area (Å²) in [6, 6.07) is 19.5. The van der Waals surface area contributed by atoms with Gasteiger partial charge in [0.25, 0.3) is 5.56 Å². The number of hydrogen-bond acceptors (Lipinski definition) is 4. The Hall–Kier alpha value is -3.52. The third kappa shape index (κ3) is 4.55. The van der Waals surface area contributed by atoms with E-state index >= 15 is 0 Å². The van der Waals surface area contributed by atoms with Crippen LogP contribution in [0, 0.1) is 13.8 Å². The first-order valence-electron chi connectivity index (χ1n) is 10.3. The van der Waals surface area contributed by atoms with Gasteiger partial charge in [-0.05, 0) is 31.5 Å². The number of nitrogens with one attached hydrogen (secondary N) is 2. The second-order valence-corrected chi connectivity index (χ2v) is 8.51. The lowest BCUT2D eigenvalue weighted by Crippen LogP contribution is -2.23. The molecule has 1 amide bonds. The Kier molecular flexibility index (Phi) is 6.32. The lowest BCUT2D eigenvalue weighted by Gasteiger charge is -2.07. The molecular formula is C24H25N5O2S. The highest BCUT2D eigenvalue weighted by molar-refractivity contribution is 7.99. The quantitative estimate of drug-likeness (QED) is 0.422. The van der Waals surface area contributed by atoms with Gasteiger partial charge in [0.1, 0.15) is 5.69 Å². The fraction of sp³-hybridized carbons (Fsp3) is 0.208. The SMILES string of the molecule is Cc1[nH]c(SCC(=O)Nc2c(C)n(C)n(-c3ccccc3)c2=O)nc1Cc1ccccc1. The van der Waals surface area contributed by atoms with Gasteiger partial charge in [0, 0.05) is 19.2 Å². The average Bonchev–Trinajstić information content (AvgIpc) is 3.25. The molecule has 0 saturated heterocycles. The first-order valence-corrected chi connectivity index (χ1v) is 11.3. The Morgan fingerprint density at radius 2 is 1.72 bits per heavy atom. The van der Waals surface area contributed by atoms with E-state index < -0.39 is 0 Å². The van der Waals surface area contributed by atoms with E-state index in [2.05, 4.69) is 27.4 Å². The number of H-pyrrole nitrogens is 1. The van der Waals surface area contributed by atoms with Gasteiger partial charge in [-0.3, -0.25) is 14.3 Å². The van der Waals surface area contributed by atoms with E-state index in [0.717, 1.165) is 23.5 Å². The maximum Gasteiger partial charge on any atom is 0.295 e. The molecule has 164 valence electrons. The highest BCUT2D eigenvalue weighted by Gasteiger charge is 2.18. The molecule has 7 nitrogen and oxygen atoms in total. The molecule has 2 N–H and O–H groups in total. The monoisotopic (exact) mass is 447 g/mol. The van der Waals surface area contributed by atoms with Gasteiger partial charge in [0.2, 0.25) is 5.91 Å². The zero-order valence-electron chi connectivity index (χ0n) is 18.3. The molecular weight excluding hydrogens is 422 g/mol. The number of para-hydroxylation sites is 1. The van der Waals surface area contributed by atoms with Gasteiger partial charge in [0.05, 0.1) is 22.8 Å². The van der Waals surface area contributed by atoms with E-state index in [1.807, 2.05) is 62.4 Å². The predicted molar refractivity (Wildman–Crippen MR) is 128 cm³/mol. The zero-order valence-corrected chi connectivity index (χ0v) is 19.1.